The van der Waals surface area contributed by atoms with Crippen molar-refractivity contribution in [2.75, 3.05) is 7.11 Å². The van der Waals surface area contributed by atoms with Crippen molar-refractivity contribution in [1.82, 2.24) is 10.2 Å². The number of rotatable bonds is 1. The van der Waals surface area contributed by atoms with Gasteiger partial charge in [0.15, 0.2) is 5.78 Å². The highest BCUT2D eigenvalue weighted by Gasteiger charge is 2.30. The maximum absolute atomic E-state index is 12.6. The summed E-state index contributed by atoms with van der Waals surface area (Å²) in [4.78, 5) is 12.6. The summed E-state index contributed by atoms with van der Waals surface area (Å²) < 4.78 is 5.19. The molecule has 0 radical (unpaired) electrons. The van der Waals surface area contributed by atoms with Crippen molar-refractivity contribution in [3.8, 4) is 17.0 Å². The highest BCUT2D eigenvalue weighted by Crippen LogP contribution is 2.39. The van der Waals surface area contributed by atoms with Crippen LogP contribution < -0.4 is 4.74 Å². The molecule has 2 aromatic carbocycles. The molecule has 0 N–H and O–H groups in total. The van der Waals surface area contributed by atoms with Crippen LogP contribution in [0.5, 0.6) is 5.75 Å². The Morgan fingerprint density at radius 3 is 2.70 bits per heavy atom. The smallest absolute Gasteiger partial charge is 0.196 e. The van der Waals surface area contributed by atoms with Crippen LogP contribution >= 0.6 is 0 Å². The van der Waals surface area contributed by atoms with Crippen LogP contribution in [0.15, 0.2) is 42.5 Å². The molecule has 20 heavy (non-hydrogen) atoms. The van der Waals surface area contributed by atoms with Crippen LogP contribution in [0.25, 0.3) is 22.2 Å². The molecule has 0 saturated carbocycles. The van der Waals surface area contributed by atoms with Crippen molar-refractivity contribution < 1.29 is 9.53 Å². The molecule has 0 atom stereocenters. The van der Waals surface area contributed by atoms with E-state index in [9.17, 15) is 4.79 Å². The molecule has 0 aliphatic heterocycles. The van der Waals surface area contributed by atoms with E-state index in [2.05, 4.69) is 10.2 Å². The molecule has 96 valence electrons. The molecular formula is C16H10N2O2. The van der Waals surface area contributed by atoms with Crippen LogP contribution in [0.1, 0.15) is 15.9 Å². The van der Waals surface area contributed by atoms with E-state index in [1.165, 1.54) is 0 Å². The van der Waals surface area contributed by atoms with Gasteiger partial charge in [0.25, 0.3) is 0 Å². The Labute approximate surface area is 115 Å². The van der Waals surface area contributed by atoms with Gasteiger partial charge in [-0.05, 0) is 24.3 Å². The molecule has 4 rings (SSSR count). The number of fused-ring (bicyclic) bond motifs is 5. The van der Waals surface area contributed by atoms with E-state index in [-0.39, 0.29) is 5.78 Å². The molecule has 0 bridgehead atoms. The third-order valence-corrected chi connectivity index (χ3v) is 3.62. The first-order valence-corrected chi connectivity index (χ1v) is 6.28. The monoisotopic (exact) mass is 262 g/mol. The van der Waals surface area contributed by atoms with Crippen LogP contribution in [0.3, 0.4) is 0 Å². The summed E-state index contributed by atoms with van der Waals surface area (Å²) >= 11 is 0. The Kier molecular flexibility index (Phi) is 2.15. The second-order valence-corrected chi connectivity index (χ2v) is 4.68. The average molecular weight is 262 g/mol. The molecule has 0 fully saturated rings. The van der Waals surface area contributed by atoms with Crippen LogP contribution in [-0.4, -0.2) is 23.1 Å². The lowest BCUT2D eigenvalue weighted by Crippen LogP contribution is -1.98. The number of methoxy groups -OCH3 is 1. The molecule has 1 heterocycles. The van der Waals surface area contributed by atoms with E-state index in [0.29, 0.717) is 22.6 Å². The number of benzene rings is 2. The van der Waals surface area contributed by atoms with Gasteiger partial charge >= 0.3 is 0 Å². The van der Waals surface area contributed by atoms with Crippen LogP contribution in [0.2, 0.25) is 0 Å². The largest absolute Gasteiger partial charge is 0.497 e. The Hall–Kier alpha value is -2.75. The van der Waals surface area contributed by atoms with Crippen molar-refractivity contribution in [3.63, 3.8) is 0 Å². The normalized spacial score (nSPS) is 12.3. The predicted molar refractivity (Wildman–Crippen MR) is 75.0 cm³/mol. The van der Waals surface area contributed by atoms with Crippen molar-refractivity contribution in [2.45, 2.75) is 0 Å². The molecule has 0 amide bonds. The number of carbonyl (C=O) groups is 1. The lowest BCUT2D eigenvalue weighted by molar-refractivity contribution is 0.104. The molecular weight excluding hydrogens is 252 g/mol. The van der Waals surface area contributed by atoms with Gasteiger partial charge in [0.05, 0.1) is 18.2 Å². The van der Waals surface area contributed by atoms with Crippen LogP contribution in [0, 0.1) is 0 Å². The molecule has 1 aliphatic rings. The molecule has 0 unspecified atom stereocenters. The summed E-state index contributed by atoms with van der Waals surface area (Å²) in [6.45, 7) is 0. The summed E-state index contributed by atoms with van der Waals surface area (Å²) in [5, 5.41) is 9.26. The zero-order valence-corrected chi connectivity index (χ0v) is 10.8. The average Bonchev–Trinajstić information content (AvgIpc) is 2.80. The van der Waals surface area contributed by atoms with Gasteiger partial charge in [-0.3, -0.25) is 4.79 Å². The van der Waals surface area contributed by atoms with Gasteiger partial charge in [0, 0.05) is 16.5 Å². The first-order valence-electron chi connectivity index (χ1n) is 6.28. The minimum atomic E-state index is -0.0139. The maximum atomic E-state index is 12.6. The Morgan fingerprint density at radius 1 is 1.00 bits per heavy atom. The fourth-order valence-corrected chi connectivity index (χ4v) is 2.65. The zero-order valence-electron chi connectivity index (χ0n) is 10.8. The van der Waals surface area contributed by atoms with Gasteiger partial charge in [-0.1, -0.05) is 18.2 Å². The van der Waals surface area contributed by atoms with Crippen LogP contribution in [-0.2, 0) is 0 Å². The lowest BCUT2D eigenvalue weighted by Gasteiger charge is -2.02. The number of ketones is 1. The third kappa shape index (κ3) is 1.33. The Balaban J connectivity index is 2.07. The minimum Gasteiger partial charge on any atom is -0.497 e. The Morgan fingerprint density at radius 2 is 1.85 bits per heavy atom. The highest BCUT2D eigenvalue weighted by molar-refractivity contribution is 6.26. The van der Waals surface area contributed by atoms with E-state index < -0.39 is 0 Å². The summed E-state index contributed by atoms with van der Waals surface area (Å²) in [7, 11) is 1.59. The van der Waals surface area contributed by atoms with E-state index in [0.717, 1.165) is 16.5 Å². The second-order valence-electron chi connectivity index (χ2n) is 4.68. The highest BCUT2D eigenvalue weighted by atomic mass is 16.5. The van der Waals surface area contributed by atoms with Gasteiger partial charge in [0.1, 0.15) is 11.4 Å². The first kappa shape index (κ1) is 11.1. The number of nitrogens with zero attached hydrogens (tertiary/aromatic N) is 2. The molecule has 3 aromatic rings. The summed E-state index contributed by atoms with van der Waals surface area (Å²) in [6, 6.07) is 13.0. The number of hydrogen-bond acceptors (Lipinski definition) is 4. The van der Waals surface area contributed by atoms with E-state index in [1.807, 2.05) is 36.4 Å². The maximum Gasteiger partial charge on any atom is 0.196 e. The van der Waals surface area contributed by atoms with Gasteiger partial charge in [-0.25, -0.2) is 0 Å². The topological polar surface area (TPSA) is 52.1 Å². The van der Waals surface area contributed by atoms with Gasteiger partial charge in [-0.15, -0.1) is 10.2 Å². The molecule has 1 aromatic heterocycles. The van der Waals surface area contributed by atoms with Crippen molar-refractivity contribution >= 4 is 16.7 Å². The lowest BCUT2D eigenvalue weighted by atomic mass is 10.1. The third-order valence-electron chi connectivity index (χ3n) is 3.62. The number of ether oxygens (including phenoxy) is 1. The van der Waals surface area contributed by atoms with E-state index >= 15 is 0 Å². The zero-order chi connectivity index (χ0) is 13.7. The number of hydrogen-bond donors (Lipinski definition) is 0. The van der Waals surface area contributed by atoms with Gasteiger partial charge in [-0.2, -0.15) is 0 Å². The fraction of sp³-hybridized carbons (Fsp3) is 0.0625. The Bertz CT molecular complexity index is 871. The van der Waals surface area contributed by atoms with Crippen LogP contribution in [0.4, 0.5) is 0 Å². The summed E-state index contributed by atoms with van der Waals surface area (Å²) in [5.41, 5.74) is 3.48. The number of aromatic nitrogens is 2. The van der Waals surface area contributed by atoms with Gasteiger partial charge < -0.3 is 4.74 Å². The predicted octanol–water partition coefficient (Wildman–Crippen LogP) is 2.85. The van der Waals surface area contributed by atoms with Crippen molar-refractivity contribution in [1.29, 1.82) is 0 Å². The molecule has 4 heteroatoms. The molecule has 4 nitrogen and oxygen atoms in total. The SMILES string of the molecule is COc1ccc2c(c1)C(=O)c1c-2nnc2ccccc12. The van der Waals surface area contributed by atoms with Crippen molar-refractivity contribution in [2.24, 2.45) is 0 Å². The van der Waals surface area contributed by atoms with Gasteiger partial charge in [0.2, 0.25) is 0 Å². The quantitative estimate of drug-likeness (QED) is 0.529. The summed E-state index contributed by atoms with van der Waals surface area (Å²) in [6.07, 6.45) is 0. The van der Waals surface area contributed by atoms with E-state index in [4.69, 9.17) is 4.74 Å². The molecule has 0 saturated heterocycles. The van der Waals surface area contributed by atoms with E-state index in [1.54, 1.807) is 13.2 Å². The molecule has 0 spiro atoms. The van der Waals surface area contributed by atoms with Crippen molar-refractivity contribution in [3.05, 3.63) is 53.6 Å². The molecule has 1 aliphatic carbocycles. The first-order chi connectivity index (χ1) is 9.79. The second kappa shape index (κ2) is 3.87. The summed E-state index contributed by atoms with van der Waals surface area (Å²) in [5.74, 6) is 0.655. The minimum absolute atomic E-state index is 0.0139. The fourth-order valence-electron chi connectivity index (χ4n) is 2.65. The number of carbonyl (C=O) groups excluding carboxylic acids is 1. The standard InChI is InChI=1S/C16H10N2O2/c1-20-9-6-7-10-12(8-9)16(19)14-11-4-2-3-5-13(11)17-18-15(10)14/h2-8H,1H3.